The van der Waals surface area contributed by atoms with E-state index in [0.29, 0.717) is 13.1 Å². The molecule has 1 saturated carbocycles. The molecule has 0 unspecified atom stereocenters. The van der Waals surface area contributed by atoms with Gasteiger partial charge in [0.25, 0.3) is 0 Å². The molecule has 1 aromatic carbocycles. The third kappa shape index (κ3) is 3.62. The molecule has 3 aromatic rings. The number of carbonyl (C=O) groups is 1. The number of amides is 1. The van der Waals surface area contributed by atoms with E-state index < -0.39 is 0 Å². The smallest absolute Gasteiger partial charge is 0.243 e. The minimum absolute atomic E-state index is 0.0746. The van der Waals surface area contributed by atoms with Crippen LogP contribution in [0.1, 0.15) is 37.1 Å². The van der Waals surface area contributed by atoms with E-state index in [1.165, 1.54) is 5.56 Å². The lowest BCUT2D eigenvalue weighted by molar-refractivity contribution is -0.137. The van der Waals surface area contributed by atoms with Gasteiger partial charge in [0.1, 0.15) is 6.54 Å². The molecular formula is C23H25ClN6O. The van der Waals surface area contributed by atoms with Gasteiger partial charge in [0.2, 0.25) is 5.91 Å². The first-order valence-corrected chi connectivity index (χ1v) is 11.1. The Bertz CT molecular complexity index is 1090. The van der Waals surface area contributed by atoms with Crippen LogP contribution in [0.5, 0.6) is 0 Å². The maximum Gasteiger partial charge on any atom is 0.243 e. The number of pyridine rings is 1. The number of hydrogen-bond donors (Lipinski definition) is 1. The molecule has 1 amide bonds. The van der Waals surface area contributed by atoms with Crippen LogP contribution in [0.2, 0.25) is 5.02 Å². The number of hydrogen-bond acceptors (Lipinski definition) is 5. The summed E-state index contributed by atoms with van der Waals surface area (Å²) in [5, 5.41) is 9.46. The van der Waals surface area contributed by atoms with Gasteiger partial charge in [-0.25, -0.2) is 0 Å². The van der Waals surface area contributed by atoms with Crippen LogP contribution in [0.4, 0.5) is 0 Å². The van der Waals surface area contributed by atoms with Gasteiger partial charge in [0.15, 0.2) is 11.6 Å². The molecule has 2 aliphatic rings. The number of benzene rings is 1. The van der Waals surface area contributed by atoms with Crippen LogP contribution >= 0.6 is 11.6 Å². The fourth-order valence-electron chi connectivity index (χ4n) is 5.03. The lowest BCUT2D eigenvalue weighted by atomic mass is 9.68. The van der Waals surface area contributed by atoms with Crippen molar-refractivity contribution in [1.82, 2.24) is 24.6 Å². The van der Waals surface area contributed by atoms with Crippen molar-refractivity contribution in [3.63, 3.8) is 0 Å². The van der Waals surface area contributed by atoms with Crippen molar-refractivity contribution >= 4 is 17.5 Å². The zero-order valence-corrected chi connectivity index (χ0v) is 18.0. The second-order valence-electron chi connectivity index (χ2n) is 8.51. The van der Waals surface area contributed by atoms with Gasteiger partial charge in [-0.1, -0.05) is 23.7 Å². The highest BCUT2D eigenvalue weighted by atomic mass is 35.5. The fourth-order valence-corrected chi connectivity index (χ4v) is 5.22. The predicted octanol–water partition coefficient (Wildman–Crippen LogP) is 3.18. The monoisotopic (exact) mass is 436 g/mol. The number of aromatic nitrogens is 4. The van der Waals surface area contributed by atoms with Gasteiger partial charge in [-0.2, -0.15) is 0 Å². The first-order chi connectivity index (χ1) is 15.1. The van der Waals surface area contributed by atoms with E-state index in [0.717, 1.165) is 47.9 Å². The Labute approximate surface area is 186 Å². The quantitative estimate of drug-likeness (QED) is 0.678. The van der Waals surface area contributed by atoms with Crippen LogP contribution in [0.3, 0.4) is 0 Å². The molecular weight excluding hydrogens is 412 g/mol. The zero-order chi connectivity index (χ0) is 21.4. The van der Waals surface area contributed by atoms with Crippen LogP contribution in [-0.2, 0) is 23.3 Å². The highest BCUT2D eigenvalue weighted by molar-refractivity contribution is 6.30. The van der Waals surface area contributed by atoms with Gasteiger partial charge in [-0.05, 0) is 55.5 Å². The molecule has 0 atom stereocenters. The number of nitrogens with two attached hydrogens (primary N) is 1. The molecule has 0 spiro atoms. The summed E-state index contributed by atoms with van der Waals surface area (Å²) in [6, 6.07) is 12.0. The summed E-state index contributed by atoms with van der Waals surface area (Å²) >= 11 is 6.23. The molecule has 2 N–H and O–H groups in total. The van der Waals surface area contributed by atoms with Crippen LogP contribution in [-0.4, -0.2) is 43.1 Å². The first-order valence-electron chi connectivity index (χ1n) is 10.7. The summed E-state index contributed by atoms with van der Waals surface area (Å²) in [7, 11) is 0. The summed E-state index contributed by atoms with van der Waals surface area (Å²) < 4.78 is 1.92. The standard InChI is InChI=1S/C23H25ClN6O/c24-18-3-1-2-17(12-18)23(15-25)8-4-19(5-9-23)29-13-20-27-28-22(30(20)14-21(29)31)16-6-10-26-11-7-16/h1-3,6-7,10-12,19H,4-5,8-9,13-15,25H2. The van der Waals surface area contributed by atoms with Crippen molar-refractivity contribution in [2.45, 2.75) is 50.2 Å². The molecule has 1 aliphatic carbocycles. The van der Waals surface area contributed by atoms with Gasteiger partial charge in [-0.15, -0.1) is 10.2 Å². The minimum atomic E-state index is -0.0746. The van der Waals surface area contributed by atoms with Gasteiger partial charge in [0.05, 0.1) is 6.54 Å². The number of nitrogens with zero attached hydrogens (tertiary/aromatic N) is 5. The SMILES string of the molecule is NCC1(c2cccc(Cl)c2)CCC(N2Cc3nnc(-c4ccncc4)n3CC2=O)CC1. The molecule has 0 radical (unpaired) electrons. The molecule has 0 saturated heterocycles. The molecule has 7 nitrogen and oxygen atoms in total. The topological polar surface area (TPSA) is 89.9 Å². The molecule has 160 valence electrons. The molecule has 3 heterocycles. The summed E-state index contributed by atoms with van der Waals surface area (Å²) in [6.07, 6.45) is 7.15. The molecule has 1 aliphatic heterocycles. The Kier molecular flexibility index (Phi) is 5.24. The van der Waals surface area contributed by atoms with Crippen molar-refractivity contribution in [3.05, 3.63) is 65.2 Å². The second-order valence-corrected chi connectivity index (χ2v) is 8.95. The predicted molar refractivity (Wildman–Crippen MR) is 118 cm³/mol. The van der Waals surface area contributed by atoms with E-state index in [1.807, 2.05) is 39.8 Å². The zero-order valence-electron chi connectivity index (χ0n) is 17.2. The van der Waals surface area contributed by atoms with Crippen molar-refractivity contribution in [2.75, 3.05) is 6.54 Å². The Balaban J connectivity index is 1.33. The lowest BCUT2D eigenvalue weighted by Crippen LogP contribution is -2.50. The van der Waals surface area contributed by atoms with E-state index in [1.54, 1.807) is 12.4 Å². The van der Waals surface area contributed by atoms with Crippen LogP contribution in [0.25, 0.3) is 11.4 Å². The van der Waals surface area contributed by atoms with E-state index in [-0.39, 0.29) is 23.9 Å². The molecule has 1 fully saturated rings. The highest BCUT2D eigenvalue weighted by Gasteiger charge is 2.40. The summed E-state index contributed by atoms with van der Waals surface area (Å²) in [5.41, 5.74) is 8.29. The molecule has 31 heavy (non-hydrogen) atoms. The van der Waals surface area contributed by atoms with Crippen molar-refractivity contribution in [1.29, 1.82) is 0 Å². The maximum absolute atomic E-state index is 13.1. The van der Waals surface area contributed by atoms with E-state index in [4.69, 9.17) is 17.3 Å². The van der Waals surface area contributed by atoms with Crippen LogP contribution < -0.4 is 5.73 Å². The average Bonchev–Trinajstić information content (AvgIpc) is 3.22. The number of halogens is 1. The van der Waals surface area contributed by atoms with E-state index in [2.05, 4.69) is 21.2 Å². The normalized spacial score (nSPS) is 23.6. The molecule has 0 bridgehead atoms. The van der Waals surface area contributed by atoms with Crippen molar-refractivity contribution in [2.24, 2.45) is 5.73 Å². The number of rotatable bonds is 4. The van der Waals surface area contributed by atoms with E-state index in [9.17, 15) is 4.79 Å². The lowest BCUT2D eigenvalue weighted by Gasteiger charge is -2.44. The number of carbonyl (C=O) groups excluding carboxylic acids is 1. The summed E-state index contributed by atoms with van der Waals surface area (Å²) in [5.74, 6) is 1.67. The average molecular weight is 437 g/mol. The Morgan fingerprint density at radius 3 is 2.58 bits per heavy atom. The van der Waals surface area contributed by atoms with Gasteiger partial charge in [-0.3, -0.25) is 14.3 Å². The first kappa shape index (κ1) is 20.2. The summed E-state index contributed by atoms with van der Waals surface area (Å²) in [4.78, 5) is 19.1. The summed E-state index contributed by atoms with van der Waals surface area (Å²) in [6.45, 7) is 1.35. The molecule has 8 heteroatoms. The third-order valence-electron chi connectivity index (χ3n) is 6.87. The van der Waals surface area contributed by atoms with Crippen LogP contribution in [0, 0.1) is 0 Å². The second kappa shape index (κ2) is 8.05. The minimum Gasteiger partial charge on any atom is -0.331 e. The van der Waals surface area contributed by atoms with E-state index >= 15 is 0 Å². The Hall–Kier alpha value is -2.77. The largest absolute Gasteiger partial charge is 0.331 e. The van der Waals surface area contributed by atoms with Gasteiger partial charge in [0, 0.05) is 41.0 Å². The Morgan fingerprint density at radius 2 is 1.87 bits per heavy atom. The fraction of sp³-hybridized carbons (Fsp3) is 0.391. The number of fused-ring (bicyclic) bond motifs is 1. The van der Waals surface area contributed by atoms with Gasteiger partial charge < -0.3 is 10.6 Å². The maximum atomic E-state index is 13.1. The molecule has 2 aromatic heterocycles. The van der Waals surface area contributed by atoms with Gasteiger partial charge >= 0.3 is 0 Å². The van der Waals surface area contributed by atoms with Crippen molar-refractivity contribution in [3.8, 4) is 11.4 Å². The van der Waals surface area contributed by atoms with Crippen molar-refractivity contribution < 1.29 is 4.79 Å². The Morgan fingerprint density at radius 1 is 1.10 bits per heavy atom. The third-order valence-corrected chi connectivity index (χ3v) is 7.11. The highest BCUT2D eigenvalue weighted by Crippen LogP contribution is 2.41. The molecule has 5 rings (SSSR count). The van der Waals surface area contributed by atoms with Crippen LogP contribution in [0.15, 0.2) is 48.8 Å².